The van der Waals surface area contributed by atoms with Crippen LogP contribution in [0.15, 0.2) is 18.2 Å². The van der Waals surface area contributed by atoms with E-state index in [0.717, 1.165) is 37.4 Å². The molecule has 17 heavy (non-hydrogen) atoms. The van der Waals surface area contributed by atoms with E-state index >= 15 is 0 Å². The van der Waals surface area contributed by atoms with Crippen molar-refractivity contribution in [2.24, 2.45) is 0 Å². The van der Waals surface area contributed by atoms with Crippen LogP contribution in [0.1, 0.15) is 12.0 Å². The molecule has 0 aromatic heterocycles. The number of rotatable bonds is 8. The molecule has 0 saturated heterocycles. The van der Waals surface area contributed by atoms with Crippen molar-refractivity contribution >= 4 is 11.6 Å². The van der Waals surface area contributed by atoms with Gasteiger partial charge in [0.2, 0.25) is 0 Å². The van der Waals surface area contributed by atoms with Crippen LogP contribution < -0.4 is 14.8 Å². The lowest BCUT2D eigenvalue weighted by Crippen LogP contribution is -2.18. The van der Waals surface area contributed by atoms with E-state index in [1.807, 2.05) is 12.1 Å². The highest BCUT2D eigenvalue weighted by Gasteiger charge is 2.03. The van der Waals surface area contributed by atoms with Crippen molar-refractivity contribution in [3.05, 3.63) is 23.8 Å². The summed E-state index contributed by atoms with van der Waals surface area (Å²) in [5.41, 5.74) is 1.24. The van der Waals surface area contributed by atoms with Gasteiger partial charge in [0.15, 0.2) is 11.5 Å². The van der Waals surface area contributed by atoms with Crippen molar-refractivity contribution in [3.63, 3.8) is 0 Å². The Labute approximate surface area is 108 Å². The van der Waals surface area contributed by atoms with Crippen molar-refractivity contribution in [1.82, 2.24) is 5.32 Å². The van der Waals surface area contributed by atoms with Gasteiger partial charge in [-0.15, -0.1) is 11.6 Å². The number of ether oxygens (including phenoxy) is 2. The molecule has 0 saturated carbocycles. The van der Waals surface area contributed by atoms with Gasteiger partial charge in [0, 0.05) is 5.88 Å². The van der Waals surface area contributed by atoms with Gasteiger partial charge >= 0.3 is 0 Å². The van der Waals surface area contributed by atoms with E-state index < -0.39 is 0 Å². The Bertz CT molecular complexity index is 331. The Kier molecular flexibility index (Phi) is 6.82. The molecular weight excluding hydrogens is 238 g/mol. The van der Waals surface area contributed by atoms with E-state index in [-0.39, 0.29) is 0 Å². The molecule has 4 heteroatoms. The Morgan fingerprint density at radius 1 is 1.12 bits per heavy atom. The second-order valence-corrected chi connectivity index (χ2v) is 4.11. The molecule has 1 N–H and O–H groups in total. The van der Waals surface area contributed by atoms with Crippen LogP contribution in [0.2, 0.25) is 0 Å². The molecule has 0 bridgehead atoms. The van der Waals surface area contributed by atoms with Gasteiger partial charge in [0.1, 0.15) is 0 Å². The van der Waals surface area contributed by atoms with Gasteiger partial charge in [-0.05, 0) is 43.6 Å². The van der Waals surface area contributed by atoms with Gasteiger partial charge < -0.3 is 14.8 Å². The summed E-state index contributed by atoms with van der Waals surface area (Å²) < 4.78 is 10.5. The molecule has 0 aliphatic carbocycles. The smallest absolute Gasteiger partial charge is 0.160 e. The summed E-state index contributed by atoms with van der Waals surface area (Å²) in [6.45, 7) is 1.92. The summed E-state index contributed by atoms with van der Waals surface area (Å²) in [5.74, 6) is 2.26. The average Bonchev–Trinajstić information content (AvgIpc) is 2.38. The topological polar surface area (TPSA) is 30.5 Å². The summed E-state index contributed by atoms with van der Waals surface area (Å²) in [5, 5.41) is 3.34. The first-order valence-electron chi connectivity index (χ1n) is 5.79. The third-order valence-corrected chi connectivity index (χ3v) is 2.79. The largest absolute Gasteiger partial charge is 0.493 e. The molecule has 0 aliphatic heterocycles. The number of alkyl halides is 1. The summed E-state index contributed by atoms with van der Waals surface area (Å²) >= 11 is 5.60. The van der Waals surface area contributed by atoms with Gasteiger partial charge in [-0.25, -0.2) is 0 Å². The normalized spacial score (nSPS) is 10.3. The molecule has 0 unspecified atom stereocenters. The molecule has 0 fully saturated rings. The molecule has 3 nitrogen and oxygen atoms in total. The molecule has 0 heterocycles. The van der Waals surface area contributed by atoms with E-state index in [9.17, 15) is 0 Å². The number of methoxy groups -OCH3 is 2. The Balaban J connectivity index is 2.43. The van der Waals surface area contributed by atoms with Crippen molar-refractivity contribution < 1.29 is 9.47 Å². The van der Waals surface area contributed by atoms with Crippen LogP contribution in [-0.4, -0.2) is 33.2 Å². The highest BCUT2D eigenvalue weighted by atomic mass is 35.5. The first-order chi connectivity index (χ1) is 8.31. The second-order valence-electron chi connectivity index (χ2n) is 3.73. The second kappa shape index (κ2) is 8.20. The van der Waals surface area contributed by atoms with Gasteiger partial charge in [-0.2, -0.15) is 0 Å². The van der Waals surface area contributed by atoms with E-state index in [1.54, 1.807) is 14.2 Å². The summed E-state index contributed by atoms with van der Waals surface area (Å²) in [6.07, 6.45) is 1.98. The Morgan fingerprint density at radius 2 is 1.88 bits per heavy atom. The number of benzene rings is 1. The van der Waals surface area contributed by atoms with E-state index in [0.29, 0.717) is 5.88 Å². The maximum absolute atomic E-state index is 5.60. The quantitative estimate of drug-likeness (QED) is 0.573. The molecular formula is C13H20ClNO2. The zero-order valence-corrected chi connectivity index (χ0v) is 11.2. The number of halogens is 1. The number of hydrogen-bond acceptors (Lipinski definition) is 3. The van der Waals surface area contributed by atoms with Crippen molar-refractivity contribution in [2.45, 2.75) is 12.8 Å². The molecule has 1 aromatic carbocycles. The minimum atomic E-state index is 0.712. The number of hydrogen-bond donors (Lipinski definition) is 1. The minimum Gasteiger partial charge on any atom is -0.493 e. The Morgan fingerprint density at radius 3 is 2.53 bits per heavy atom. The zero-order chi connectivity index (χ0) is 12.5. The van der Waals surface area contributed by atoms with E-state index in [4.69, 9.17) is 21.1 Å². The molecule has 0 amide bonds. The molecule has 1 aromatic rings. The fourth-order valence-corrected chi connectivity index (χ4v) is 1.72. The van der Waals surface area contributed by atoms with E-state index in [1.165, 1.54) is 5.56 Å². The van der Waals surface area contributed by atoms with Crippen molar-refractivity contribution in [3.8, 4) is 11.5 Å². The first-order valence-corrected chi connectivity index (χ1v) is 6.33. The molecule has 1 rings (SSSR count). The molecule has 0 aliphatic rings. The van der Waals surface area contributed by atoms with Gasteiger partial charge in [0.05, 0.1) is 14.2 Å². The lowest BCUT2D eigenvalue weighted by atomic mass is 10.1. The highest BCUT2D eigenvalue weighted by Crippen LogP contribution is 2.27. The summed E-state index contributed by atoms with van der Waals surface area (Å²) in [6, 6.07) is 6.01. The van der Waals surface area contributed by atoms with E-state index in [2.05, 4.69) is 11.4 Å². The highest BCUT2D eigenvalue weighted by molar-refractivity contribution is 6.17. The zero-order valence-electron chi connectivity index (χ0n) is 10.5. The molecule has 96 valence electrons. The number of nitrogens with one attached hydrogen (secondary N) is 1. The van der Waals surface area contributed by atoms with Crippen LogP contribution in [0.4, 0.5) is 0 Å². The molecule has 0 spiro atoms. The lowest BCUT2D eigenvalue weighted by Gasteiger charge is -2.09. The van der Waals surface area contributed by atoms with Crippen LogP contribution in [0.5, 0.6) is 11.5 Å². The van der Waals surface area contributed by atoms with Crippen LogP contribution >= 0.6 is 11.6 Å². The van der Waals surface area contributed by atoms with Crippen molar-refractivity contribution in [2.75, 3.05) is 33.2 Å². The van der Waals surface area contributed by atoms with Crippen molar-refractivity contribution in [1.29, 1.82) is 0 Å². The third-order valence-electron chi connectivity index (χ3n) is 2.53. The van der Waals surface area contributed by atoms with Crippen LogP contribution in [0, 0.1) is 0 Å². The predicted molar refractivity (Wildman–Crippen MR) is 71.5 cm³/mol. The average molecular weight is 258 g/mol. The first kappa shape index (κ1) is 14.1. The fraction of sp³-hybridized carbons (Fsp3) is 0.538. The molecule has 0 atom stereocenters. The van der Waals surface area contributed by atoms with Crippen LogP contribution in [0.25, 0.3) is 0 Å². The van der Waals surface area contributed by atoms with Gasteiger partial charge in [-0.1, -0.05) is 6.07 Å². The van der Waals surface area contributed by atoms with Crippen LogP contribution in [0.3, 0.4) is 0 Å². The van der Waals surface area contributed by atoms with Gasteiger partial charge in [-0.3, -0.25) is 0 Å². The maximum Gasteiger partial charge on any atom is 0.160 e. The molecule has 0 radical (unpaired) electrons. The Hall–Kier alpha value is -0.930. The standard InChI is InChI=1S/C13H20ClNO2/c1-16-12-5-4-11(10-13(12)17-2)6-9-15-8-3-7-14/h4-5,10,15H,3,6-9H2,1-2H3. The van der Waals surface area contributed by atoms with Gasteiger partial charge in [0.25, 0.3) is 0 Å². The summed E-state index contributed by atoms with van der Waals surface area (Å²) in [4.78, 5) is 0. The third kappa shape index (κ3) is 4.84. The SMILES string of the molecule is COc1ccc(CCNCCCCl)cc1OC. The predicted octanol–water partition coefficient (Wildman–Crippen LogP) is 2.46. The monoisotopic (exact) mass is 257 g/mol. The maximum atomic E-state index is 5.60. The summed E-state index contributed by atoms with van der Waals surface area (Å²) in [7, 11) is 3.30. The lowest BCUT2D eigenvalue weighted by molar-refractivity contribution is 0.354. The van der Waals surface area contributed by atoms with Crippen LogP contribution in [-0.2, 0) is 6.42 Å². The fourth-order valence-electron chi connectivity index (χ4n) is 1.59. The minimum absolute atomic E-state index is 0.712.